The van der Waals surface area contributed by atoms with Crippen molar-refractivity contribution < 1.29 is 9.53 Å². The topological polar surface area (TPSA) is 38.3 Å². The largest absolute Gasteiger partial charge is 0.376 e. The molecule has 4 heteroatoms. The Labute approximate surface area is 73.6 Å². The molecule has 0 aromatic heterocycles. The molecule has 2 saturated heterocycles. The Kier molecular flexibility index (Phi) is 1.68. The molecule has 1 N–H and O–H groups in total. The van der Waals surface area contributed by atoms with Gasteiger partial charge in [-0.2, -0.15) is 0 Å². The van der Waals surface area contributed by atoms with Gasteiger partial charge in [-0.3, -0.25) is 4.79 Å². The molecule has 0 aromatic rings. The predicted molar refractivity (Wildman–Crippen MR) is 43.6 cm³/mol. The van der Waals surface area contributed by atoms with E-state index in [2.05, 4.69) is 21.2 Å². The molecule has 3 nitrogen and oxygen atoms in total. The number of carbonyl (C=O) groups is 1. The molecule has 2 aliphatic heterocycles. The molecule has 1 amide bonds. The van der Waals surface area contributed by atoms with Gasteiger partial charge in [0.05, 0.1) is 23.6 Å². The van der Waals surface area contributed by atoms with Crippen LogP contribution in [0.5, 0.6) is 0 Å². The fourth-order valence-corrected chi connectivity index (χ4v) is 1.84. The standard InChI is InChI=1S/C7H10BrNO2/c8-5-1-2-7(3-11-4-7)9-6(5)10/h5H,1-4H2,(H,9,10). The summed E-state index contributed by atoms with van der Waals surface area (Å²) in [7, 11) is 0. The van der Waals surface area contributed by atoms with E-state index in [-0.39, 0.29) is 16.3 Å². The van der Waals surface area contributed by atoms with Crippen molar-refractivity contribution in [3.63, 3.8) is 0 Å². The van der Waals surface area contributed by atoms with Crippen LogP contribution >= 0.6 is 15.9 Å². The average molecular weight is 220 g/mol. The fraction of sp³-hybridized carbons (Fsp3) is 0.857. The minimum atomic E-state index is 0.00134. The number of amides is 1. The van der Waals surface area contributed by atoms with E-state index in [0.717, 1.165) is 12.8 Å². The lowest BCUT2D eigenvalue weighted by Gasteiger charge is -2.45. The first kappa shape index (κ1) is 7.55. The van der Waals surface area contributed by atoms with Crippen LogP contribution in [0.25, 0.3) is 0 Å². The molecule has 62 valence electrons. The van der Waals surface area contributed by atoms with Crippen molar-refractivity contribution in [3.05, 3.63) is 0 Å². The molecule has 1 unspecified atom stereocenters. The smallest absolute Gasteiger partial charge is 0.234 e. The van der Waals surface area contributed by atoms with Gasteiger partial charge in [-0.1, -0.05) is 15.9 Å². The second-order valence-corrected chi connectivity index (χ2v) is 4.37. The SMILES string of the molecule is O=C1NC2(CCC1Br)COC2. The van der Waals surface area contributed by atoms with Gasteiger partial charge in [0.15, 0.2) is 0 Å². The van der Waals surface area contributed by atoms with Crippen LogP contribution in [0, 0.1) is 0 Å². The lowest BCUT2D eigenvalue weighted by molar-refractivity contribution is -0.137. The first-order chi connectivity index (χ1) is 5.22. The van der Waals surface area contributed by atoms with Crippen LogP contribution in [0.2, 0.25) is 0 Å². The van der Waals surface area contributed by atoms with E-state index in [9.17, 15) is 4.79 Å². The van der Waals surface area contributed by atoms with Crippen molar-refractivity contribution in [1.29, 1.82) is 0 Å². The Morgan fingerprint density at radius 1 is 1.64 bits per heavy atom. The van der Waals surface area contributed by atoms with E-state index < -0.39 is 0 Å². The summed E-state index contributed by atoms with van der Waals surface area (Å²) in [6.45, 7) is 1.39. The van der Waals surface area contributed by atoms with Crippen molar-refractivity contribution in [2.75, 3.05) is 13.2 Å². The normalized spacial score (nSPS) is 34.6. The van der Waals surface area contributed by atoms with Gasteiger partial charge in [-0.25, -0.2) is 0 Å². The monoisotopic (exact) mass is 219 g/mol. The van der Waals surface area contributed by atoms with Crippen LogP contribution < -0.4 is 5.32 Å². The van der Waals surface area contributed by atoms with E-state index in [1.54, 1.807) is 0 Å². The van der Waals surface area contributed by atoms with Crippen molar-refractivity contribution in [2.45, 2.75) is 23.2 Å². The minimum absolute atomic E-state index is 0.00134. The molecule has 11 heavy (non-hydrogen) atoms. The summed E-state index contributed by atoms with van der Waals surface area (Å²) in [6, 6.07) is 0. The van der Waals surface area contributed by atoms with Gasteiger partial charge in [0.1, 0.15) is 0 Å². The number of hydrogen-bond acceptors (Lipinski definition) is 2. The zero-order valence-electron chi connectivity index (χ0n) is 6.10. The van der Waals surface area contributed by atoms with Gasteiger partial charge in [0, 0.05) is 0 Å². The quantitative estimate of drug-likeness (QED) is 0.601. The van der Waals surface area contributed by atoms with Gasteiger partial charge in [0.2, 0.25) is 5.91 Å². The Morgan fingerprint density at radius 3 is 2.82 bits per heavy atom. The first-order valence-electron chi connectivity index (χ1n) is 3.76. The van der Waals surface area contributed by atoms with Crippen molar-refractivity contribution >= 4 is 21.8 Å². The van der Waals surface area contributed by atoms with Gasteiger partial charge >= 0.3 is 0 Å². The molecular weight excluding hydrogens is 210 g/mol. The van der Waals surface area contributed by atoms with Crippen molar-refractivity contribution in [3.8, 4) is 0 Å². The molecule has 0 aliphatic carbocycles. The van der Waals surface area contributed by atoms with Crippen molar-refractivity contribution in [1.82, 2.24) is 5.32 Å². The molecule has 2 heterocycles. The van der Waals surface area contributed by atoms with E-state index in [4.69, 9.17) is 4.74 Å². The second kappa shape index (κ2) is 2.45. The molecule has 2 rings (SSSR count). The molecule has 2 fully saturated rings. The summed E-state index contributed by atoms with van der Waals surface area (Å²) in [4.78, 5) is 11.2. The molecule has 0 saturated carbocycles. The minimum Gasteiger partial charge on any atom is -0.376 e. The summed E-state index contributed by atoms with van der Waals surface area (Å²) < 4.78 is 5.07. The number of halogens is 1. The van der Waals surface area contributed by atoms with Crippen LogP contribution in [-0.4, -0.2) is 29.5 Å². The predicted octanol–water partition coefficient (Wildman–Crippen LogP) is 0.429. The summed E-state index contributed by atoms with van der Waals surface area (Å²) in [5.74, 6) is 0.111. The van der Waals surface area contributed by atoms with Gasteiger partial charge in [-0.05, 0) is 12.8 Å². The highest BCUT2D eigenvalue weighted by molar-refractivity contribution is 9.10. The lowest BCUT2D eigenvalue weighted by atomic mass is 9.87. The molecule has 0 bridgehead atoms. The summed E-state index contributed by atoms with van der Waals surface area (Å²) in [5.41, 5.74) is 0.00134. The van der Waals surface area contributed by atoms with Crippen LogP contribution in [0.1, 0.15) is 12.8 Å². The Hall–Kier alpha value is -0.0900. The van der Waals surface area contributed by atoms with E-state index in [1.807, 2.05) is 0 Å². The third-order valence-electron chi connectivity index (χ3n) is 2.31. The Bertz CT molecular complexity index is 191. The summed E-state index contributed by atoms with van der Waals surface area (Å²) in [6.07, 6.45) is 1.96. The average Bonchev–Trinajstić information content (AvgIpc) is 1.92. The third kappa shape index (κ3) is 1.18. The number of alkyl halides is 1. The van der Waals surface area contributed by atoms with Gasteiger partial charge < -0.3 is 10.1 Å². The molecule has 1 spiro atoms. The van der Waals surface area contributed by atoms with Crippen LogP contribution in [-0.2, 0) is 9.53 Å². The maximum absolute atomic E-state index is 11.2. The molecular formula is C7H10BrNO2. The van der Waals surface area contributed by atoms with Crippen LogP contribution in [0.4, 0.5) is 0 Å². The van der Waals surface area contributed by atoms with Crippen molar-refractivity contribution in [2.24, 2.45) is 0 Å². The van der Waals surface area contributed by atoms with E-state index >= 15 is 0 Å². The molecule has 1 atom stereocenters. The number of ether oxygens (including phenoxy) is 1. The van der Waals surface area contributed by atoms with Gasteiger partial charge in [-0.15, -0.1) is 0 Å². The van der Waals surface area contributed by atoms with E-state index in [0.29, 0.717) is 13.2 Å². The summed E-state index contributed by atoms with van der Waals surface area (Å²) >= 11 is 3.31. The zero-order chi connectivity index (χ0) is 7.90. The van der Waals surface area contributed by atoms with Crippen LogP contribution in [0.15, 0.2) is 0 Å². The van der Waals surface area contributed by atoms with Gasteiger partial charge in [0.25, 0.3) is 0 Å². The third-order valence-corrected chi connectivity index (χ3v) is 3.18. The Balaban J connectivity index is 2.03. The maximum atomic E-state index is 11.2. The number of carbonyl (C=O) groups excluding carboxylic acids is 1. The number of nitrogens with one attached hydrogen (secondary N) is 1. The zero-order valence-corrected chi connectivity index (χ0v) is 7.69. The molecule has 2 aliphatic rings. The van der Waals surface area contributed by atoms with E-state index in [1.165, 1.54) is 0 Å². The Morgan fingerprint density at radius 2 is 2.36 bits per heavy atom. The number of hydrogen-bond donors (Lipinski definition) is 1. The van der Waals surface area contributed by atoms with Crippen LogP contribution in [0.3, 0.4) is 0 Å². The number of piperidine rings is 1. The first-order valence-corrected chi connectivity index (χ1v) is 4.67. The highest BCUT2D eigenvalue weighted by Crippen LogP contribution is 2.29. The second-order valence-electron chi connectivity index (χ2n) is 3.27. The highest BCUT2D eigenvalue weighted by atomic mass is 79.9. The molecule has 0 radical (unpaired) electrons. The fourth-order valence-electron chi connectivity index (χ4n) is 1.50. The number of rotatable bonds is 0. The summed E-state index contributed by atoms with van der Waals surface area (Å²) in [5, 5.41) is 2.97. The lowest BCUT2D eigenvalue weighted by Crippen LogP contribution is -2.65. The molecule has 0 aromatic carbocycles. The maximum Gasteiger partial charge on any atom is 0.234 e. The highest BCUT2D eigenvalue weighted by Gasteiger charge is 2.44.